The van der Waals surface area contributed by atoms with E-state index in [0.717, 1.165) is 0 Å². The van der Waals surface area contributed by atoms with Crippen LogP contribution in [-0.2, 0) is 33.3 Å². The summed E-state index contributed by atoms with van der Waals surface area (Å²) in [6, 6.07) is 1.71. The molecule has 2 saturated carbocycles. The Kier molecular flexibility index (Phi) is 4.50. The van der Waals surface area contributed by atoms with Crippen LogP contribution < -0.4 is 0 Å². The monoisotopic (exact) mass is 516 g/mol. The van der Waals surface area contributed by atoms with E-state index in [1.807, 2.05) is 6.92 Å². The van der Waals surface area contributed by atoms with Gasteiger partial charge in [0.1, 0.15) is 17.3 Å². The zero-order chi connectivity index (χ0) is 27.0. The Morgan fingerprint density at radius 2 is 1.76 bits per heavy atom. The van der Waals surface area contributed by atoms with Crippen LogP contribution in [0.15, 0.2) is 35.2 Å². The van der Waals surface area contributed by atoms with E-state index in [-0.39, 0.29) is 0 Å². The van der Waals surface area contributed by atoms with Gasteiger partial charge in [-0.15, -0.1) is 0 Å². The Labute approximate surface area is 213 Å². The molecule has 1 spiro atoms. The van der Waals surface area contributed by atoms with Crippen molar-refractivity contribution in [3.63, 3.8) is 0 Å². The number of epoxide rings is 1. The highest BCUT2D eigenvalue weighted by Gasteiger charge is 2.94. The number of ketones is 1. The lowest BCUT2D eigenvalue weighted by Gasteiger charge is -2.70. The van der Waals surface area contributed by atoms with Gasteiger partial charge >= 0.3 is 11.9 Å². The van der Waals surface area contributed by atoms with Crippen molar-refractivity contribution < 1.29 is 48.0 Å². The first-order valence-corrected chi connectivity index (χ1v) is 12.5. The zero-order valence-corrected chi connectivity index (χ0v) is 21.7. The second-order valence-electron chi connectivity index (χ2n) is 12.3. The van der Waals surface area contributed by atoms with Crippen LogP contribution >= 0.6 is 0 Å². The summed E-state index contributed by atoms with van der Waals surface area (Å²) in [7, 11) is 1.19. The smallest absolute Gasteiger partial charge is 0.339 e. The maximum atomic E-state index is 14.5. The molecular formula is C27H32O10. The van der Waals surface area contributed by atoms with Gasteiger partial charge in [-0.25, -0.2) is 9.59 Å². The summed E-state index contributed by atoms with van der Waals surface area (Å²) in [5.74, 6) is -5.68. The first-order valence-electron chi connectivity index (χ1n) is 12.5. The molecule has 4 heterocycles. The minimum Gasteiger partial charge on any atom is -0.472 e. The molecule has 10 nitrogen and oxygen atoms in total. The number of methoxy groups -OCH3 is 1. The molecule has 200 valence electrons. The average molecular weight is 517 g/mol. The summed E-state index contributed by atoms with van der Waals surface area (Å²) < 4.78 is 28.6. The number of esters is 2. The van der Waals surface area contributed by atoms with E-state index in [0.29, 0.717) is 18.4 Å². The van der Waals surface area contributed by atoms with Gasteiger partial charge < -0.3 is 33.6 Å². The lowest BCUT2D eigenvalue weighted by molar-refractivity contribution is -0.354. The molecule has 2 aliphatic carbocycles. The number of hydrogen-bond acceptors (Lipinski definition) is 10. The van der Waals surface area contributed by atoms with Crippen molar-refractivity contribution in [2.24, 2.45) is 22.2 Å². The van der Waals surface area contributed by atoms with Gasteiger partial charge in [0.05, 0.1) is 17.9 Å². The number of carbonyl (C=O) groups is 3. The van der Waals surface area contributed by atoms with Crippen LogP contribution in [-0.4, -0.2) is 63.7 Å². The van der Waals surface area contributed by atoms with E-state index >= 15 is 0 Å². The highest BCUT2D eigenvalue weighted by atomic mass is 16.7. The topological polar surface area (TPSA) is 145 Å². The molecule has 6 rings (SSSR count). The van der Waals surface area contributed by atoms with Crippen LogP contribution in [0.5, 0.6) is 0 Å². The molecular weight excluding hydrogens is 484 g/mol. The molecule has 3 aliphatic heterocycles. The Balaban J connectivity index is 1.64. The largest absolute Gasteiger partial charge is 0.472 e. The lowest BCUT2D eigenvalue weighted by Crippen LogP contribution is -2.85. The number of carbonyl (C=O) groups excluding carboxylic acids is 3. The number of cyclic esters (lactones) is 2. The minimum atomic E-state index is -2.61. The maximum absolute atomic E-state index is 14.5. The van der Waals surface area contributed by atoms with Crippen LogP contribution in [0.4, 0.5) is 0 Å². The van der Waals surface area contributed by atoms with Gasteiger partial charge in [-0.05, 0) is 38.7 Å². The predicted octanol–water partition coefficient (Wildman–Crippen LogP) is 1.98. The fourth-order valence-corrected chi connectivity index (χ4v) is 8.89. The quantitative estimate of drug-likeness (QED) is 0.340. The third kappa shape index (κ3) is 2.28. The minimum absolute atomic E-state index is 0.378. The summed E-state index contributed by atoms with van der Waals surface area (Å²) in [6.07, 6.45) is 4.71. The van der Waals surface area contributed by atoms with E-state index in [2.05, 4.69) is 0 Å². The number of aliphatic hydroxyl groups is 2. The highest BCUT2D eigenvalue weighted by molar-refractivity contribution is 6.00. The van der Waals surface area contributed by atoms with Crippen molar-refractivity contribution in [1.82, 2.24) is 0 Å². The number of ether oxygens (including phenoxy) is 4. The van der Waals surface area contributed by atoms with E-state index in [1.54, 1.807) is 19.9 Å². The number of Topliss-reactive ketones (excluding diaryl/α,β-unsaturated/α-hetero) is 1. The van der Waals surface area contributed by atoms with Crippen molar-refractivity contribution in [1.29, 1.82) is 0 Å². The second kappa shape index (κ2) is 6.72. The van der Waals surface area contributed by atoms with Crippen LogP contribution in [0.3, 0.4) is 0 Å². The molecule has 0 radical (unpaired) electrons. The molecule has 9 atom stereocenters. The summed E-state index contributed by atoms with van der Waals surface area (Å²) in [4.78, 5) is 40.3. The van der Waals surface area contributed by atoms with Gasteiger partial charge in [-0.1, -0.05) is 26.8 Å². The number of fused-ring (bicyclic) bond motifs is 3. The third-order valence-corrected chi connectivity index (χ3v) is 10.7. The average Bonchev–Trinajstić information content (AvgIpc) is 3.43. The fraction of sp³-hybridized carbons (Fsp3) is 0.667. The van der Waals surface area contributed by atoms with E-state index < -0.39 is 74.7 Å². The molecule has 4 fully saturated rings. The zero-order valence-electron chi connectivity index (χ0n) is 21.7. The van der Waals surface area contributed by atoms with Crippen molar-refractivity contribution in [2.75, 3.05) is 7.11 Å². The molecule has 2 N–H and O–H groups in total. The van der Waals surface area contributed by atoms with E-state index in [4.69, 9.17) is 23.4 Å². The van der Waals surface area contributed by atoms with Gasteiger partial charge in [0.25, 0.3) is 0 Å². The molecule has 2 saturated heterocycles. The summed E-state index contributed by atoms with van der Waals surface area (Å²) in [5.41, 5.74) is -8.70. The Morgan fingerprint density at radius 3 is 2.38 bits per heavy atom. The van der Waals surface area contributed by atoms with Gasteiger partial charge in [-0.3, -0.25) is 4.79 Å². The van der Waals surface area contributed by atoms with Crippen molar-refractivity contribution >= 4 is 17.7 Å². The Morgan fingerprint density at radius 1 is 1.05 bits per heavy atom. The fourth-order valence-electron chi connectivity index (χ4n) is 8.89. The third-order valence-electron chi connectivity index (χ3n) is 10.7. The molecule has 0 aromatic carbocycles. The molecule has 1 aromatic heterocycles. The lowest BCUT2D eigenvalue weighted by atomic mass is 9.35. The maximum Gasteiger partial charge on any atom is 0.339 e. The summed E-state index contributed by atoms with van der Waals surface area (Å²) in [6.45, 7) is 8.18. The van der Waals surface area contributed by atoms with Crippen LogP contribution in [0.2, 0.25) is 0 Å². The first-order chi connectivity index (χ1) is 17.1. The van der Waals surface area contributed by atoms with Gasteiger partial charge in [0.15, 0.2) is 11.7 Å². The van der Waals surface area contributed by atoms with Crippen LogP contribution in [0.25, 0.3) is 0 Å². The number of rotatable bonds is 2. The van der Waals surface area contributed by atoms with E-state index in [1.165, 1.54) is 45.6 Å². The predicted molar refractivity (Wildman–Crippen MR) is 123 cm³/mol. The normalized spacial score (nSPS) is 51.6. The SMILES string of the molecule is COC1(O)C(=O)C2(O)C(C)(C)OC(=O)C=CC2(C)C2CCC3(C)C(c4ccoc4)OC(=O)C4OC43C21C. The molecule has 5 aliphatic rings. The van der Waals surface area contributed by atoms with Crippen LogP contribution in [0.1, 0.15) is 59.1 Å². The highest BCUT2D eigenvalue weighted by Crippen LogP contribution is 2.80. The van der Waals surface area contributed by atoms with Crippen LogP contribution in [0, 0.1) is 22.2 Å². The van der Waals surface area contributed by atoms with Crippen molar-refractivity contribution in [2.45, 2.75) is 82.3 Å². The first kappa shape index (κ1) is 24.8. The van der Waals surface area contributed by atoms with Crippen molar-refractivity contribution in [3.8, 4) is 0 Å². The second-order valence-corrected chi connectivity index (χ2v) is 12.3. The molecule has 0 bridgehead atoms. The van der Waals surface area contributed by atoms with Crippen molar-refractivity contribution in [3.05, 3.63) is 36.3 Å². The van der Waals surface area contributed by atoms with Gasteiger partial charge in [0, 0.05) is 29.6 Å². The number of hydrogen-bond donors (Lipinski definition) is 2. The molecule has 37 heavy (non-hydrogen) atoms. The van der Waals surface area contributed by atoms with E-state index in [9.17, 15) is 24.6 Å². The van der Waals surface area contributed by atoms with Gasteiger partial charge in [0.2, 0.25) is 11.6 Å². The summed E-state index contributed by atoms with van der Waals surface area (Å²) in [5, 5.41) is 24.6. The Bertz CT molecular complexity index is 1250. The molecule has 10 heteroatoms. The molecule has 1 aromatic rings. The standard InChI is InChI=1S/C27H32O10/c1-21(2)25(31)20(30)27(32,33-6)24(5)15(22(25,3)11-8-16(28)36-21)7-10-23(4)17(14-9-12-34-13-14)35-19(29)18-26(23,24)37-18/h8-9,11-13,15,17-18,31-32H,7,10H2,1-6H3. The molecule has 0 amide bonds. The number of furan rings is 1. The van der Waals surface area contributed by atoms with Gasteiger partial charge in [-0.2, -0.15) is 0 Å². The Hall–Kier alpha value is -2.53. The molecule has 9 unspecified atom stereocenters. The summed E-state index contributed by atoms with van der Waals surface area (Å²) >= 11 is 0.